The first-order valence-electron chi connectivity index (χ1n) is 11.0. The lowest BCUT2D eigenvalue weighted by Gasteiger charge is -2.41. The average Bonchev–Trinajstić information content (AvgIpc) is 2.91. The van der Waals surface area contributed by atoms with Crippen molar-refractivity contribution >= 4 is 28.2 Å². The predicted octanol–water partition coefficient (Wildman–Crippen LogP) is 6.70. The van der Waals surface area contributed by atoms with Gasteiger partial charge in [-0.05, 0) is 42.7 Å². The van der Waals surface area contributed by atoms with E-state index in [2.05, 4.69) is 77.7 Å². The Bertz CT molecular complexity index is 717. The number of aromatic nitrogens is 2. The summed E-state index contributed by atoms with van der Waals surface area (Å²) in [5.41, 5.74) is 0. The minimum atomic E-state index is -1.90. The summed E-state index contributed by atoms with van der Waals surface area (Å²) in [6.07, 6.45) is 3.36. The maximum absolute atomic E-state index is 6.85. The number of rotatable bonds is 7. The molecule has 0 aliphatic heterocycles. The molecule has 1 saturated carbocycles. The van der Waals surface area contributed by atoms with E-state index in [4.69, 9.17) is 25.2 Å². The molecule has 172 valence electrons. The molecule has 5 nitrogen and oxygen atoms in total. The smallest absolute Gasteiger partial charge is 0.218 e. The minimum absolute atomic E-state index is 0.0405. The van der Waals surface area contributed by atoms with Crippen molar-refractivity contribution in [2.75, 3.05) is 6.61 Å². The third-order valence-corrected chi connectivity index (χ3v) is 16.4. The van der Waals surface area contributed by atoms with Crippen LogP contribution in [0.2, 0.25) is 41.4 Å². The van der Waals surface area contributed by atoms with Gasteiger partial charge in [0.1, 0.15) is 17.6 Å². The second-order valence-electron chi connectivity index (χ2n) is 11.6. The Hall–Kier alpha value is -0.476. The summed E-state index contributed by atoms with van der Waals surface area (Å²) in [5, 5.41) is 0.747. The zero-order valence-corrected chi connectivity index (χ0v) is 23.3. The molecule has 0 radical (unpaired) electrons. The van der Waals surface area contributed by atoms with Crippen LogP contribution in [0.25, 0.3) is 0 Å². The highest BCUT2D eigenvalue weighted by Crippen LogP contribution is 2.43. The van der Waals surface area contributed by atoms with Crippen molar-refractivity contribution in [2.45, 2.75) is 103 Å². The lowest BCUT2D eigenvalue weighted by Crippen LogP contribution is -2.46. The lowest BCUT2D eigenvalue weighted by atomic mass is 10.1. The Morgan fingerprint density at radius 1 is 0.967 bits per heavy atom. The normalized spacial score (nSPS) is 23.6. The number of halogens is 1. The number of ether oxygens (including phenoxy) is 1. The van der Waals surface area contributed by atoms with Gasteiger partial charge < -0.3 is 13.6 Å². The maximum Gasteiger partial charge on any atom is 0.218 e. The van der Waals surface area contributed by atoms with E-state index < -0.39 is 16.6 Å². The van der Waals surface area contributed by atoms with Gasteiger partial charge in [-0.3, -0.25) is 0 Å². The van der Waals surface area contributed by atoms with Gasteiger partial charge in [-0.1, -0.05) is 53.1 Å². The van der Waals surface area contributed by atoms with E-state index in [9.17, 15) is 0 Å². The molecule has 0 N–H and O–H groups in total. The molecule has 0 saturated heterocycles. The van der Waals surface area contributed by atoms with Crippen molar-refractivity contribution < 1.29 is 13.6 Å². The summed E-state index contributed by atoms with van der Waals surface area (Å²) in [4.78, 5) is 8.15. The van der Waals surface area contributed by atoms with Crippen LogP contribution < -0.4 is 4.74 Å². The Labute approximate surface area is 190 Å². The highest BCUT2D eigenvalue weighted by molar-refractivity contribution is 6.74. The van der Waals surface area contributed by atoms with Crippen molar-refractivity contribution in [3.05, 3.63) is 17.5 Å². The summed E-state index contributed by atoms with van der Waals surface area (Å²) < 4.78 is 19.6. The Morgan fingerprint density at radius 3 is 2.10 bits per heavy atom. The van der Waals surface area contributed by atoms with Gasteiger partial charge in [0, 0.05) is 25.0 Å². The number of nitrogens with zero attached hydrogens (tertiary/aromatic N) is 2. The van der Waals surface area contributed by atoms with Gasteiger partial charge in [0.2, 0.25) is 5.88 Å². The summed E-state index contributed by atoms with van der Waals surface area (Å²) in [6, 6.07) is 1.67. The average molecular weight is 473 g/mol. The first-order valence-corrected chi connectivity index (χ1v) is 17.2. The van der Waals surface area contributed by atoms with Crippen LogP contribution in [-0.4, -0.2) is 45.4 Å². The summed E-state index contributed by atoms with van der Waals surface area (Å²) in [7, 11) is -3.72. The largest absolute Gasteiger partial charge is 0.474 e. The summed E-state index contributed by atoms with van der Waals surface area (Å²) in [6.45, 7) is 23.7. The highest BCUT2D eigenvalue weighted by atomic mass is 35.5. The molecule has 1 unspecified atom stereocenters. The fourth-order valence-electron chi connectivity index (χ4n) is 3.09. The number of hydrogen-bond acceptors (Lipinski definition) is 5. The van der Waals surface area contributed by atoms with Crippen LogP contribution in [0, 0.1) is 5.92 Å². The Balaban J connectivity index is 2.15. The molecule has 0 amide bonds. The molecular weight excluding hydrogens is 432 g/mol. The Kier molecular flexibility index (Phi) is 7.89. The Morgan fingerprint density at radius 2 is 1.57 bits per heavy atom. The molecule has 2 rings (SSSR count). The van der Waals surface area contributed by atoms with Crippen LogP contribution >= 0.6 is 11.6 Å². The molecule has 30 heavy (non-hydrogen) atoms. The predicted molar refractivity (Wildman–Crippen MR) is 129 cm³/mol. The third-order valence-electron chi connectivity index (χ3n) is 7.20. The minimum Gasteiger partial charge on any atom is -0.474 e. The van der Waals surface area contributed by atoms with Crippen LogP contribution in [-0.2, 0) is 8.85 Å². The molecule has 1 aromatic heterocycles. The fourth-order valence-corrected chi connectivity index (χ4v) is 5.69. The second-order valence-corrected chi connectivity index (χ2v) is 21.6. The van der Waals surface area contributed by atoms with Gasteiger partial charge in [0.25, 0.3) is 0 Å². The standard InChI is InChI=1S/C22H41ClN2O3Si2/c1-21(2,3)29(7,8)26-14-16-11-17(27-20-13-19(23)24-15-25-20)12-18(16)28-30(9,10)22(4,5)6/h13,15-18H,11-12,14H2,1-10H3/t16-,17+,18?/m0/s1. The molecule has 0 aromatic carbocycles. The number of hydrogen-bond donors (Lipinski definition) is 0. The van der Waals surface area contributed by atoms with Gasteiger partial charge in [-0.25, -0.2) is 9.97 Å². The molecule has 1 heterocycles. The zero-order valence-electron chi connectivity index (χ0n) is 20.5. The van der Waals surface area contributed by atoms with Crippen molar-refractivity contribution in [3.8, 4) is 5.88 Å². The maximum atomic E-state index is 6.85. The third kappa shape index (κ3) is 6.51. The van der Waals surface area contributed by atoms with Crippen LogP contribution in [0.3, 0.4) is 0 Å². The molecule has 1 aromatic rings. The van der Waals surface area contributed by atoms with Crippen molar-refractivity contribution in [3.63, 3.8) is 0 Å². The fraction of sp³-hybridized carbons (Fsp3) is 0.818. The van der Waals surface area contributed by atoms with Crippen LogP contribution in [0.4, 0.5) is 0 Å². The van der Waals surface area contributed by atoms with Gasteiger partial charge >= 0.3 is 0 Å². The van der Waals surface area contributed by atoms with Crippen molar-refractivity contribution in [2.24, 2.45) is 5.92 Å². The van der Waals surface area contributed by atoms with Crippen molar-refractivity contribution in [1.29, 1.82) is 0 Å². The zero-order chi connectivity index (χ0) is 23.0. The van der Waals surface area contributed by atoms with Crippen LogP contribution in [0.1, 0.15) is 54.4 Å². The monoisotopic (exact) mass is 472 g/mol. The van der Waals surface area contributed by atoms with Gasteiger partial charge in [-0.15, -0.1) is 0 Å². The van der Waals surface area contributed by atoms with Gasteiger partial charge in [0.05, 0.1) is 6.10 Å². The lowest BCUT2D eigenvalue weighted by molar-refractivity contribution is 0.0999. The summed E-state index contributed by atoms with van der Waals surface area (Å²) >= 11 is 6.00. The first kappa shape index (κ1) is 25.8. The topological polar surface area (TPSA) is 53.5 Å². The molecule has 1 aliphatic carbocycles. The van der Waals surface area contributed by atoms with E-state index in [-0.39, 0.29) is 22.3 Å². The molecule has 1 aliphatic rings. The first-order chi connectivity index (χ1) is 13.5. The second kappa shape index (κ2) is 9.18. The van der Waals surface area contributed by atoms with E-state index in [1.54, 1.807) is 6.07 Å². The quantitative estimate of drug-likeness (QED) is 0.326. The van der Waals surface area contributed by atoms with Gasteiger partial charge in [0.15, 0.2) is 16.6 Å². The van der Waals surface area contributed by atoms with Crippen LogP contribution in [0.15, 0.2) is 12.4 Å². The van der Waals surface area contributed by atoms with E-state index in [0.717, 1.165) is 19.4 Å². The molecule has 1 fully saturated rings. The molecule has 0 spiro atoms. The van der Waals surface area contributed by atoms with Crippen molar-refractivity contribution in [1.82, 2.24) is 9.97 Å². The van der Waals surface area contributed by atoms with E-state index in [1.807, 2.05) is 0 Å². The summed E-state index contributed by atoms with van der Waals surface area (Å²) in [5.74, 6) is 0.840. The van der Waals surface area contributed by atoms with E-state index >= 15 is 0 Å². The molecular formula is C22H41ClN2O3Si2. The molecule has 0 bridgehead atoms. The van der Waals surface area contributed by atoms with E-state index in [1.165, 1.54) is 6.33 Å². The van der Waals surface area contributed by atoms with Crippen LogP contribution in [0.5, 0.6) is 5.88 Å². The SMILES string of the molecule is CC(C)(C)[Si](C)(C)OC[C@@H]1C[C@@H](Oc2cc(Cl)ncn2)CC1O[Si](C)(C)C(C)(C)C. The molecule has 3 atom stereocenters. The van der Waals surface area contributed by atoms with E-state index in [0.29, 0.717) is 17.0 Å². The van der Waals surface area contributed by atoms with Gasteiger partial charge in [-0.2, -0.15) is 0 Å². The highest BCUT2D eigenvalue weighted by Gasteiger charge is 2.46. The molecule has 8 heteroatoms.